The summed E-state index contributed by atoms with van der Waals surface area (Å²) in [6.07, 6.45) is 0. The fourth-order valence-electron chi connectivity index (χ4n) is 8.85. The Morgan fingerprint density at radius 2 is 0.686 bits per heavy atom. The Morgan fingerprint density at radius 3 is 1.24 bits per heavy atom. The smallest absolute Gasteiger partial charge is 0.0159 e. The van der Waals surface area contributed by atoms with Crippen LogP contribution in [-0.2, 0) is 5.41 Å². The molecule has 0 bridgehead atoms. The molecule has 0 unspecified atom stereocenters. The quantitative estimate of drug-likeness (QED) is 0.167. The summed E-state index contributed by atoms with van der Waals surface area (Å²) in [5.74, 6) is 0. The predicted molar refractivity (Wildman–Crippen MR) is 218 cm³/mol. The van der Waals surface area contributed by atoms with Gasteiger partial charge in [0.15, 0.2) is 0 Å². The first-order valence-electron chi connectivity index (χ1n) is 17.9. The highest BCUT2D eigenvalue weighted by atomic mass is 14.4. The van der Waals surface area contributed by atoms with Crippen LogP contribution in [0.2, 0.25) is 0 Å². The Balaban J connectivity index is 1.31. The Bertz CT molecular complexity index is 2690. The second-order valence-corrected chi connectivity index (χ2v) is 14.4. The van der Waals surface area contributed by atoms with E-state index in [0.29, 0.717) is 0 Å². The lowest BCUT2D eigenvalue weighted by Gasteiger charge is -2.24. The number of rotatable bonds is 4. The van der Waals surface area contributed by atoms with Crippen molar-refractivity contribution in [2.45, 2.75) is 19.3 Å². The highest BCUT2D eigenvalue weighted by Gasteiger charge is 2.37. The van der Waals surface area contributed by atoms with Gasteiger partial charge in [0.25, 0.3) is 0 Å². The van der Waals surface area contributed by atoms with Gasteiger partial charge in [-0.25, -0.2) is 0 Å². The average Bonchev–Trinajstić information content (AvgIpc) is 3.43. The molecule has 0 N–H and O–H groups in total. The molecular weight excluding hydrogens is 613 g/mol. The first kappa shape index (κ1) is 29.7. The third-order valence-corrected chi connectivity index (χ3v) is 11.2. The molecule has 0 atom stereocenters. The van der Waals surface area contributed by atoms with Gasteiger partial charge in [0.1, 0.15) is 0 Å². The fourth-order valence-corrected chi connectivity index (χ4v) is 8.85. The molecule has 9 aromatic rings. The van der Waals surface area contributed by atoms with Gasteiger partial charge >= 0.3 is 0 Å². The summed E-state index contributed by atoms with van der Waals surface area (Å²) < 4.78 is 0. The monoisotopic (exact) mass is 648 g/mol. The second kappa shape index (κ2) is 11.4. The minimum Gasteiger partial charge on any atom is -0.0622 e. The summed E-state index contributed by atoms with van der Waals surface area (Å²) in [6.45, 7) is 4.78. The van der Waals surface area contributed by atoms with Crippen molar-refractivity contribution in [2.75, 3.05) is 0 Å². The van der Waals surface area contributed by atoms with Gasteiger partial charge in [-0.05, 0) is 123 Å². The zero-order valence-corrected chi connectivity index (χ0v) is 28.8. The third-order valence-electron chi connectivity index (χ3n) is 11.2. The first-order valence-corrected chi connectivity index (χ1v) is 17.9. The van der Waals surface area contributed by atoms with Crippen molar-refractivity contribution in [3.63, 3.8) is 0 Å². The molecule has 0 amide bonds. The molecule has 0 nitrogen and oxygen atoms in total. The number of hydrogen-bond acceptors (Lipinski definition) is 0. The van der Waals surface area contributed by atoms with E-state index in [2.05, 4.69) is 196 Å². The summed E-state index contributed by atoms with van der Waals surface area (Å²) in [6, 6.07) is 67.4. The van der Waals surface area contributed by atoms with Gasteiger partial charge in [0.05, 0.1) is 0 Å². The molecule has 9 aromatic carbocycles. The molecule has 240 valence electrons. The van der Waals surface area contributed by atoms with E-state index in [1.807, 2.05) is 0 Å². The van der Waals surface area contributed by atoms with Crippen molar-refractivity contribution in [1.82, 2.24) is 0 Å². The molecule has 0 saturated carbocycles. The van der Waals surface area contributed by atoms with Crippen LogP contribution in [0.1, 0.15) is 25.0 Å². The van der Waals surface area contributed by atoms with Gasteiger partial charge in [0.2, 0.25) is 0 Å². The molecule has 0 heteroatoms. The minimum atomic E-state index is -0.109. The maximum Gasteiger partial charge on any atom is 0.0159 e. The summed E-state index contributed by atoms with van der Waals surface area (Å²) in [5, 5.41) is 7.70. The van der Waals surface area contributed by atoms with Crippen LogP contribution in [0.3, 0.4) is 0 Å². The third kappa shape index (κ3) is 4.53. The molecule has 0 aromatic heterocycles. The van der Waals surface area contributed by atoms with Crippen molar-refractivity contribution in [1.29, 1.82) is 0 Å². The van der Waals surface area contributed by atoms with E-state index >= 15 is 0 Å². The van der Waals surface area contributed by atoms with Gasteiger partial charge in [-0.2, -0.15) is 0 Å². The van der Waals surface area contributed by atoms with Crippen molar-refractivity contribution in [3.05, 3.63) is 193 Å². The van der Waals surface area contributed by atoms with Crippen molar-refractivity contribution >= 4 is 32.3 Å². The SMILES string of the molecule is CC1(C)c2ccccc2-c2c1cc(-c1c3ccccc3c(-c3cc(-c4ccccc4)cc(-c4ccccc4)c3)c3ccccc13)c1ccccc21. The second-order valence-electron chi connectivity index (χ2n) is 14.4. The van der Waals surface area contributed by atoms with E-state index in [0.717, 1.165) is 0 Å². The maximum atomic E-state index is 2.52. The van der Waals surface area contributed by atoms with Crippen LogP contribution in [0.4, 0.5) is 0 Å². The molecule has 0 heterocycles. The van der Waals surface area contributed by atoms with Crippen molar-refractivity contribution < 1.29 is 0 Å². The highest BCUT2D eigenvalue weighted by Crippen LogP contribution is 2.55. The van der Waals surface area contributed by atoms with E-state index in [-0.39, 0.29) is 5.41 Å². The van der Waals surface area contributed by atoms with Gasteiger partial charge in [-0.15, -0.1) is 0 Å². The molecule has 51 heavy (non-hydrogen) atoms. The molecule has 1 aliphatic carbocycles. The highest BCUT2D eigenvalue weighted by molar-refractivity contribution is 6.24. The lowest BCUT2D eigenvalue weighted by molar-refractivity contribution is 0.661. The standard InChI is InChI=1S/C51H36/c1-51(2)46-28-16-15-27-44(46)50-39-22-10-9-21-38(39)45(32-47(50)51)49-42-25-13-11-23-40(42)48(41-24-12-14-26-43(41)49)37-30-35(33-17-5-3-6-18-33)29-36(31-37)34-19-7-4-8-20-34/h3-32H,1-2H3. The van der Waals surface area contributed by atoms with Crippen molar-refractivity contribution in [2.24, 2.45) is 0 Å². The van der Waals surface area contributed by atoms with Gasteiger partial charge in [-0.1, -0.05) is 172 Å². The van der Waals surface area contributed by atoms with Gasteiger partial charge in [0, 0.05) is 5.41 Å². The molecule has 0 aliphatic heterocycles. The van der Waals surface area contributed by atoms with Crippen molar-refractivity contribution in [3.8, 4) is 55.6 Å². The van der Waals surface area contributed by atoms with E-state index in [1.165, 1.54) is 99.1 Å². The van der Waals surface area contributed by atoms with Gasteiger partial charge < -0.3 is 0 Å². The predicted octanol–water partition coefficient (Wildman–Crippen LogP) is 14.1. The van der Waals surface area contributed by atoms with Crippen LogP contribution in [-0.4, -0.2) is 0 Å². The molecule has 0 saturated heterocycles. The Kier molecular flexibility index (Phi) is 6.63. The molecule has 0 spiro atoms. The average molecular weight is 649 g/mol. The summed E-state index contributed by atoms with van der Waals surface area (Å²) >= 11 is 0. The van der Waals surface area contributed by atoms with Crippen LogP contribution < -0.4 is 0 Å². The summed E-state index contributed by atoms with van der Waals surface area (Å²) in [7, 11) is 0. The zero-order valence-electron chi connectivity index (χ0n) is 28.8. The Hall–Kier alpha value is -6.24. The normalized spacial score (nSPS) is 13.1. The van der Waals surface area contributed by atoms with E-state index in [9.17, 15) is 0 Å². The van der Waals surface area contributed by atoms with E-state index in [4.69, 9.17) is 0 Å². The summed E-state index contributed by atoms with van der Waals surface area (Å²) in [5.41, 5.74) is 15.4. The summed E-state index contributed by atoms with van der Waals surface area (Å²) in [4.78, 5) is 0. The zero-order chi connectivity index (χ0) is 34.1. The molecule has 1 aliphatic rings. The first-order chi connectivity index (χ1) is 25.1. The minimum absolute atomic E-state index is 0.109. The lowest BCUT2D eigenvalue weighted by atomic mass is 9.79. The van der Waals surface area contributed by atoms with E-state index in [1.54, 1.807) is 0 Å². The van der Waals surface area contributed by atoms with Crippen LogP contribution in [0.5, 0.6) is 0 Å². The Morgan fingerprint density at radius 1 is 0.275 bits per heavy atom. The topological polar surface area (TPSA) is 0 Å². The van der Waals surface area contributed by atoms with Gasteiger partial charge in [-0.3, -0.25) is 0 Å². The number of fused-ring (bicyclic) bond motifs is 7. The maximum absolute atomic E-state index is 2.52. The number of benzene rings is 9. The number of hydrogen-bond donors (Lipinski definition) is 0. The fraction of sp³-hybridized carbons (Fsp3) is 0.0588. The molecule has 10 rings (SSSR count). The molecular formula is C51H36. The largest absolute Gasteiger partial charge is 0.0622 e. The Labute approximate surface area is 299 Å². The lowest BCUT2D eigenvalue weighted by Crippen LogP contribution is -2.15. The van der Waals surface area contributed by atoms with Crippen LogP contribution in [0.15, 0.2) is 182 Å². The van der Waals surface area contributed by atoms with Crippen LogP contribution >= 0.6 is 0 Å². The molecule has 0 fully saturated rings. The molecule has 0 radical (unpaired) electrons. The van der Waals surface area contributed by atoms with Crippen LogP contribution in [0.25, 0.3) is 88.0 Å². The van der Waals surface area contributed by atoms with Crippen LogP contribution in [0, 0.1) is 0 Å². The van der Waals surface area contributed by atoms with E-state index < -0.39 is 0 Å².